The number of carbonyl (C=O) groups is 1. The van der Waals surface area contributed by atoms with Crippen molar-refractivity contribution in [3.8, 4) is 0 Å². The van der Waals surface area contributed by atoms with Crippen LogP contribution < -0.4 is 10.6 Å². The van der Waals surface area contributed by atoms with Crippen molar-refractivity contribution in [2.45, 2.75) is 44.9 Å². The first-order valence-corrected chi connectivity index (χ1v) is 10.6. The number of alkyl halides is 3. The average molecular weight is 562 g/mol. The van der Waals surface area contributed by atoms with E-state index in [1.807, 2.05) is 6.92 Å². The van der Waals surface area contributed by atoms with Crippen LogP contribution in [0.2, 0.25) is 0 Å². The van der Waals surface area contributed by atoms with E-state index in [1.165, 1.54) is 0 Å². The molecule has 1 unspecified atom stereocenters. The molecule has 1 aromatic heterocycles. The molecule has 1 aromatic rings. The molecule has 1 aliphatic heterocycles. The monoisotopic (exact) mass is 562 g/mol. The molecule has 0 saturated carbocycles. The predicted octanol–water partition coefficient (Wildman–Crippen LogP) is 2.78. The lowest BCUT2D eigenvalue weighted by molar-refractivity contribution is -0.140. The van der Waals surface area contributed by atoms with E-state index in [2.05, 4.69) is 25.5 Å². The van der Waals surface area contributed by atoms with Gasteiger partial charge in [-0.05, 0) is 32.7 Å². The van der Waals surface area contributed by atoms with Gasteiger partial charge in [0, 0.05) is 39.1 Å². The Balaban J connectivity index is 0.00000450. The van der Waals surface area contributed by atoms with Gasteiger partial charge in [-0.3, -0.25) is 9.69 Å². The number of aromatic nitrogens is 1. The summed E-state index contributed by atoms with van der Waals surface area (Å²) in [5.74, 6) is 0.686. The van der Waals surface area contributed by atoms with E-state index in [-0.39, 0.29) is 42.5 Å². The molecule has 1 fully saturated rings. The second kappa shape index (κ2) is 12.6. The molecule has 1 saturated heterocycles. The fraction of sp³-hybridized carbons (Fsp3) is 0.722. The van der Waals surface area contributed by atoms with Gasteiger partial charge in [0.1, 0.15) is 5.01 Å². The number of carbonyl (C=O) groups excluding carboxylic acids is 1. The van der Waals surface area contributed by atoms with Crippen LogP contribution in [-0.2, 0) is 17.5 Å². The van der Waals surface area contributed by atoms with Crippen LogP contribution in [0.15, 0.2) is 10.4 Å². The number of halogens is 4. The number of guanidine groups is 1. The Kier molecular flexibility index (Phi) is 11.3. The van der Waals surface area contributed by atoms with Crippen molar-refractivity contribution in [2.75, 3.05) is 40.3 Å². The molecular weight excluding hydrogens is 532 g/mol. The predicted molar refractivity (Wildman–Crippen MR) is 123 cm³/mol. The lowest BCUT2D eigenvalue weighted by Crippen LogP contribution is -2.44. The highest BCUT2D eigenvalue weighted by atomic mass is 127. The molecule has 0 aromatic carbocycles. The van der Waals surface area contributed by atoms with Gasteiger partial charge in [-0.1, -0.05) is 0 Å². The number of hydrogen-bond acceptors (Lipinski definition) is 5. The molecule has 2 rings (SSSR count). The van der Waals surface area contributed by atoms with E-state index in [0.717, 1.165) is 49.1 Å². The second-order valence-electron chi connectivity index (χ2n) is 7.03. The summed E-state index contributed by atoms with van der Waals surface area (Å²) in [4.78, 5) is 24.0. The summed E-state index contributed by atoms with van der Waals surface area (Å²) < 4.78 is 37.9. The van der Waals surface area contributed by atoms with Crippen LogP contribution in [0.3, 0.4) is 0 Å². The van der Waals surface area contributed by atoms with E-state index in [9.17, 15) is 18.0 Å². The number of amides is 1. The lowest BCUT2D eigenvalue weighted by atomic mass is 10.2. The van der Waals surface area contributed by atoms with Crippen LogP contribution in [0.4, 0.5) is 13.2 Å². The molecule has 0 radical (unpaired) electrons. The van der Waals surface area contributed by atoms with Gasteiger partial charge in [-0.15, -0.1) is 35.3 Å². The summed E-state index contributed by atoms with van der Waals surface area (Å²) >= 11 is 0.951. The minimum absolute atomic E-state index is 0. The summed E-state index contributed by atoms with van der Waals surface area (Å²) in [5, 5.41) is 7.59. The Morgan fingerprint density at radius 2 is 2.13 bits per heavy atom. The van der Waals surface area contributed by atoms with E-state index < -0.39 is 11.9 Å². The van der Waals surface area contributed by atoms with E-state index in [4.69, 9.17) is 0 Å². The zero-order chi connectivity index (χ0) is 21.4. The smallest absolute Gasteiger partial charge is 0.357 e. The van der Waals surface area contributed by atoms with E-state index in [0.29, 0.717) is 24.1 Å². The molecule has 172 valence electrons. The van der Waals surface area contributed by atoms with Crippen LogP contribution in [0.25, 0.3) is 0 Å². The average Bonchev–Trinajstić information content (AvgIpc) is 3.31. The van der Waals surface area contributed by atoms with Crippen molar-refractivity contribution in [3.05, 3.63) is 16.1 Å². The lowest BCUT2D eigenvalue weighted by Gasteiger charge is -2.26. The second-order valence-corrected chi connectivity index (χ2v) is 7.97. The number of likely N-dealkylation sites (tertiary alicyclic amines) is 1. The van der Waals surface area contributed by atoms with Gasteiger partial charge >= 0.3 is 6.18 Å². The minimum atomic E-state index is -4.43. The number of rotatable bonds is 8. The Morgan fingerprint density at radius 1 is 1.40 bits per heavy atom. The Morgan fingerprint density at radius 3 is 2.73 bits per heavy atom. The molecule has 30 heavy (non-hydrogen) atoms. The van der Waals surface area contributed by atoms with Crippen LogP contribution >= 0.6 is 35.3 Å². The van der Waals surface area contributed by atoms with Gasteiger partial charge in [-0.25, -0.2) is 9.98 Å². The maximum atomic E-state index is 12.6. The molecule has 7 nitrogen and oxygen atoms in total. The standard InChI is InChI=1S/C18H29F3N6OS.HI/c1-4-22-17(24-11-15-25-14(12-29-15)18(19,20)21)23-8-6-10-27-9-5-7-13(27)16(28)26(2)3;/h12-13H,4-11H2,1-3H3,(H2,22,23,24);1H. The largest absolute Gasteiger partial charge is 0.434 e. The van der Waals surface area contributed by atoms with Gasteiger partial charge in [0.2, 0.25) is 5.91 Å². The maximum Gasteiger partial charge on any atom is 0.434 e. The molecule has 0 bridgehead atoms. The SMILES string of the molecule is CCNC(=NCc1nc(C(F)(F)F)cs1)NCCCN1CCCC1C(=O)N(C)C.I. The fourth-order valence-corrected chi connectivity index (χ4v) is 3.89. The van der Waals surface area contributed by atoms with Crippen LogP contribution in [0.1, 0.15) is 36.9 Å². The van der Waals surface area contributed by atoms with Crippen LogP contribution in [0, 0.1) is 0 Å². The highest BCUT2D eigenvalue weighted by Crippen LogP contribution is 2.30. The van der Waals surface area contributed by atoms with Gasteiger partial charge < -0.3 is 15.5 Å². The molecule has 1 atom stereocenters. The van der Waals surface area contributed by atoms with Gasteiger partial charge in [0.05, 0.1) is 12.6 Å². The number of likely N-dealkylation sites (N-methyl/N-ethyl adjacent to an activating group) is 1. The third-order valence-electron chi connectivity index (χ3n) is 4.56. The molecule has 2 heterocycles. The van der Waals surface area contributed by atoms with Crippen molar-refractivity contribution in [1.29, 1.82) is 0 Å². The zero-order valence-corrected chi connectivity index (χ0v) is 20.6. The number of nitrogens with one attached hydrogen (secondary N) is 2. The summed E-state index contributed by atoms with van der Waals surface area (Å²) in [6.45, 7) is 5.02. The quantitative estimate of drug-likeness (QED) is 0.221. The van der Waals surface area contributed by atoms with Crippen molar-refractivity contribution in [1.82, 2.24) is 25.4 Å². The molecular formula is C18H30F3IN6OS. The Bertz CT molecular complexity index is 698. The summed E-state index contributed by atoms with van der Waals surface area (Å²) in [6, 6.07) is -0.0420. The van der Waals surface area contributed by atoms with E-state index >= 15 is 0 Å². The highest BCUT2D eigenvalue weighted by Gasteiger charge is 2.33. The first kappa shape index (κ1) is 26.9. The van der Waals surface area contributed by atoms with Gasteiger partial charge in [0.25, 0.3) is 0 Å². The van der Waals surface area contributed by atoms with Crippen LogP contribution in [-0.4, -0.2) is 73.0 Å². The maximum absolute atomic E-state index is 12.6. The Labute approximate surface area is 196 Å². The third-order valence-corrected chi connectivity index (χ3v) is 5.40. The number of thiazole rings is 1. The normalized spacial score (nSPS) is 17.5. The van der Waals surface area contributed by atoms with Crippen LogP contribution in [0.5, 0.6) is 0 Å². The topological polar surface area (TPSA) is 72.9 Å². The van der Waals surface area contributed by atoms with Crippen molar-refractivity contribution < 1.29 is 18.0 Å². The minimum Gasteiger partial charge on any atom is -0.357 e. The first-order valence-electron chi connectivity index (χ1n) is 9.71. The molecule has 2 N–H and O–H groups in total. The number of nitrogens with zero attached hydrogens (tertiary/aromatic N) is 4. The molecule has 1 amide bonds. The van der Waals surface area contributed by atoms with Gasteiger partial charge in [0.15, 0.2) is 11.7 Å². The van der Waals surface area contributed by atoms with Crippen molar-refractivity contribution in [2.24, 2.45) is 4.99 Å². The Hall–Kier alpha value is -1.15. The highest BCUT2D eigenvalue weighted by molar-refractivity contribution is 14.0. The first-order chi connectivity index (χ1) is 13.7. The summed E-state index contributed by atoms with van der Waals surface area (Å²) in [6.07, 6.45) is -1.68. The number of hydrogen-bond donors (Lipinski definition) is 2. The molecule has 0 aliphatic carbocycles. The zero-order valence-electron chi connectivity index (χ0n) is 17.5. The molecule has 12 heteroatoms. The molecule has 0 spiro atoms. The summed E-state index contributed by atoms with van der Waals surface area (Å²) in [5.41, 5.74) is -0.877. The summed E-state index contributed by atoms with van der Waals surface area (Å²) in [7, 11) is 3.55. The molecule has 1 aliphatic rings. The van der Waals surface area contributed by atoms with Crippen molar-refractivity contribution >= 4 is 47.2 Å². The van der Waals surface area contributed by atoms with Gasteiger partial charge in [-0.2, -0.15) is 13.2 Å². The fourth-order valence-electron chi connectivity index (χ4n) is 3.16. The van der Waals surface area contributed by atoms with Crippen molar-refractivity contribution in [3.63, 3.8) is 0 Å². The number of aliphatic imine (C=N–C) groups is 1. The van der Waals surface area contributed by atoms with E-state index in [1.54, 1.807) is 19.0 Å². The third kappa shape index (κ3) is 8.17.